The lowest BCUT2D eigenvalue weighted by molar-refractivity contribution is -0.00295. The molecule has 1 saturated heterocycles. The first-order valence-electron chi connectivity index (χ1n) is 8.11. The number of ether oxygens (including phenoxy) is 1. The van der Waals surface area contributed by atoms with Gasteiger partial charge >= 0.3 is 0 Å². The zero-order chi connectivity index (χ0) is 17.3. The molecule has 0 radical (unpaired) electrons. The topological polar surface area (TPSA) is 75.3 Å². The van der Waals surface area contributed by atoms with E-state index in [1.54, 1.807) is 0 Å². The van der Waals surface area contributed by atoms with Crippen LogP contribution in [0.5, 0.6) is 0 Å². The number of aromatic nitrogens is 2. The van der Waals surface area contributed by atoms with Crippen molar-refractivity contribution in [3.8, 4) is 0 Å². The molecule has 1 aliphatic rings. The van der Waals surface area contributed by atoms with E-state index in [9.17, 15) is 8.42 Å². The predicted molar refractivity (Wildman–Crippen MR) is 91.3 cm³/mol. The van der Waals surface area contributed by atoms with E-state index in [0.717, 1.165) is 11.1 Å². The lowest BCUT2D eigenvalue weighted by Gasteiger charge is -2.32. The molecule has 0 amide bonds. The van der Waals surface area contributed by atoms with Gasteiger partial charge in [-0.25, -0.2) is 13.4 Å². The molecular formula is C17H23N3O3S. The molecule has 7 heteroatoms. The molecule has 0 bridgehead atoms. The molecule has 6 nitrogen and oxygen atoms in total. The van der Waals surface area contributed by atoms with Gasteiger partial charge in [0.2, 0.25) is 0 Å². The minimum Gasteiger partial charge on any atom is -0.371 e. The molecule has 0 aliphatic carbocycles. The summed E-state index contributed by atoms with van der Waals surface area (Å²) >= 11 is 0. The molecule has 24 heavy (non-hydrogen) atoms. The van der Waals surface area contributed by atoms with Gasteiger partial charge in [0.25, 0.3) is 10.0 Å². The van der Waals surface area contributed by atoms with Gasteiger partial charge in [0.15, 0.2) is 5.03 Å². The smallest absolute Gasteiger partial charge is 0.260 e. The van der Waals surface area contributed by atoms with Gasteiger partial charge in [-0.2, -0.15) is 4.31 Å². The number of rotatable bonds is 4. The van der Waals surface area contributed by atoms with Gasteiger partial charge in [-0.3, -0.25) is 0 Å². The highest BCUT2D eigenvalue weighted by Gasteiger charge is 2.33. The monoisotopic (exact) mass is 349 g/mol. The van der Waals surface area contributed by atoms with Crippen LogP contribution in [0.25, 0.3) is 0 Å². The fourth-order valence-corrected chi connectivity index (χ4v) is 4.21. The summed E-state index contributed by atoms with van der Waals surface area (Å²) in [6.45, 7) is 6.99. The van der Waals surface area contributed by atoms with Crippen LogP contribution in [0.3, 0.4) is 0 Å². The minimum absolute atomic E-state index is 0.150. The van der Waals surface area contributed by atoms with Crippen LogP contribution in [0.15, 0.2) is 35.5 Å². The maximum absolute atomic E-state index is 12.9. The van der Waals surface area contributed by atoms with Crippen LogP contribution in [0.1, 0.15) is 42.8 Å². The first-order valence-corrected chi connectivity index (χ1v) is 9.56. The lowest BCUT2D eigenvalue weighted by Crippen LogP contribution is -2.42. The third-order valence-electron chi connectivity index (χ3n) is 4.30. The Hall–Kier alpha value is -1.70. The van der Waals surface area contributed by atoms with Crippen LogP contribution < -0.4 is 0 Å². The molecule has 1 aromatic carbocycles. The Bertz CT molecular complexity index is 814. The molecule has 1 atom stereocenters. The molecule has 1 aliphatic heterocycles. The average Bonchev–Trinajstić information content (AvgIpc) is 3.06. The number of nitrogens with one attached hydrogen (secondary N) is 1. The van der Waals surface area contributed by atoms with Crippen molar-refractivity contribution in [2.24, 2.45) is 0 Å². The summed E-state index contributed by atoms with van der Waals surface area (Å²) in [5, 5.41) is 0.150. The van der Waals surface area contributed by atoms with Crippen molar-refractivity contribution in [2.45, 2.75) is 37.8 Å². The number of hydrogen-bond acceptors (Lipinski definition) is 4. The molecule has 3 rings (SSSR count). The van der Waals surface area contributed by atoms with Crippen molar-refractivity contribution in [1.29, 1.82) is 0 Å². The first kappa shape index (κ1) is 17.1. The number of aromatic amines is 1. The fourth-order valence-electron chi connectivity index (χ4n) is 2.86. The number of H-pyrrole nitrogens is 1. The number of morpholine rings is 1. The molecule has 0 saturated carbocycles. The predicted octanol–water partition coefficient (Wildman–Crippen LogP) is 2.60. The minimum atomic E-state index is -3.59. The van der Waals surface area contributed by atoms with E-state index in [0.29, 0.717) is 25.5 Å². The van der Waals surface area contributed by atoms with Crippen molar-refractivity contribution < 1.29 is 13.2 Å². The zero-order valence-corrected chi connectivity index (χ0v) is 15.0. The van der Waals surface area contributed by atoms with Crippen molar-refractivity contribution in [2.75, 3.05) is 19.7 Å². The summed E-state index contributed by atoms with van der Waals surface area (Å²) in [5.41, 5.74) is 2.13. The van der Waals surface area contributed by atoms with Crippen LogP contribution in [0.4, 0.5) is 0 Å². The van der Waals surface area contributed by atoms with Crippen molar-refractivity contribution in [3.63, 3.8) is 0 Å². The molecule has 130 valence electrons. The normalized spacial score (nSPS) is 19.8. The third kappa shape index (κ3) is 3.24. The van der Waals surface area contributed by atoms with Gasteiger partial charge < -0.3 is 9.72 Å². The Morgan fingerprint density at radius 1 is 1.33 bits per heavy atom. The molecule has 2 heterocycles. The molecule has 1 N–H and O–H groups in total. The maximum atomic E-state index is 12.9. The summed E-state index contributed by atoms with van der Waals surface area (Å²) in [6, 6.07) is 7.91. The highest BCUT2D eigenvalue weighted by Crippen LogP contribution is 2.28. The Kier molecular flexibility index (Phi) is 4.76. The number of hydrogen-bond donors (Lipinski definition) is 1. The Morgan fingerprint density at radius 3 is 2.75 bits per heavy atom. The SMILES string of the molecule is Cc1ccccc1C1CN(S(=O)(=O)c2cnc(C(C)C)[nH]2)CCO1. The Balaban J connectivity index is 1.84. The Labute approximate surface area is 142 Å². The summed E-state index contributed by atoms with van der Waals surface area (Å²) in [5.74, 6) is 0.829. The van der Waals surface area contributed by atoms with Gasteiger partial charge in [0.1, 0.15) is 5.82 Å². The molecule has 1 fully saturated rings. The van der Waals surface area contributed by atoms with Gasteiger partial charge in [0.05, 0.1) is 18.9 Å². The largest absolute Gasteiger partial charge is 0.371 e. The second-order valence-electron chi connectivity index (χ2n) is 6.37. The van der Waals surface area contributed by atoms with E-state index >= 15 is 0 Å². The summed E-state index contributed by atoms with van der Waals surface area (Å²) in [4.78, 5) is 7.11. The second kappa shape index (κ2) is 6.66. The van der Waals surface area contributed by atoms with Crippen LogP contribution >= 0.6 is 0 Å². The van der Waals surface area contributed by atoms with Crippen molar-refractivity contribution >= 4 is 10.0 Å². The zero-order valence-electron chi connectivity index (χ0n) is 14.2. The Morgan fingerprint density at radius 2 is 2.08 bits per heavy atom. The van der Waals surface area contributed by atoms with E-state index in [4.69, 9.17) is 4.74 Å². The van der Waals surface area contributed by atoms with E-state index in [1.165, 1.54) is 10.5 Å². The van der Waals surface area contributed by atoms with Gasteiger partial charge in [-0.05, 0) is 18.1 Å². The highest BCUT2D eigenvalue weighted by atomic mass is 32.2. The molecule has 1 unspecified atom stereocenters. The molecule has 2 aromatic rings. The van der Waals surface area contributed by atoms with Gasteiger partial charge in [-0.15, -0.1) is 0 Å². The molecular weight excluding hydrogens is 326 g/mol. The first-order chi connectivity index (χ1) is 11.4. The number of aryl methyl sites for hydroxylation is 1. The van der Waals surface area contributed by atoms with Crippen LogP contribution in [0, 0.1) is 6.92 Å². The number of benzene rings is 1. The fraction of sp³-hybridized carbons (Fsp3) is 0.471. The van der Waals surface area contributed by atoms with E-state index in [2.05, 4.69) is 9.97 Å². The number of imidazole rings is 1. The van der Waals surface area contributed by atoms with Crippen LogP contribution in [0.2, 0.25) is 0 Å². The quantitative estimate of drug-likeness (QED) is 0.921. The number of sulfonamides is 1. The molecule has 0 spiro atoms. The number of nitrogens with zero attached hydrogens (tertiary/aromatic N) is 2. The van der Waals surface area contributed by atoms with Gasteiger partial charge in [-0.1, -0.05) is 38.1 Å². The summed E-state index contributed by atoms with van der Waals surface area (Å²) < 4.78 is 33.1. The maximum Gasteiger partial charge on any atom is 0.260 e. The molecule has 1 aromatic heterocycles. The van der Waals surface area contributed by atoms with E-state index in [1.807, 2.05) is 45.0 Å². The summed E-state index contributed by atoms with van der Waals surface area (Å²) in [6.07, 6.45) is 1.16. The van der Waals surface area contributed by atoms with Crippen molar-refractivity contribution in [1.82, 2.24) is 14.3 Å². The van der Waals surface area contributed by atoms with E-state index in [-0.39, 0.29) is 17.0 Å². The van der Waals surface area contributed by atoms with Crippen LogP contribution in [-0.4, -0.2) is 42.4 Å². The third-order valence-corrected chi connectivity index (χ3v) is 6.08. The average molecular weight is 349 g/mol. The van der Waals surface area contributed by atoms with Crippen LogP contribution in [-0.2, 0) is 14.8 Å². The standard InChI is InChI=1S/C17H23N3O3S/c1-12(2)17-18-10-16(19-17)24(21,22)20-8-9-23-15(11-20)14-7-5-4-6-13(14)3/h4-7,10,12,15H,8-9,11H2,1-3H3,(H,18,19). The summed E-state index contributed by atoms with van der Waals surface area (Å²) in [7, 11) is -3.59. The highest BCUT2D eigenvalue weighted by molar-refractivity contribution is 7.89. The lowest BCUT2D eigenvalue weighted by atomic mass is 10.0. The second-order valence-corrected chi connectivity index (χ2v) is 8.27. The van der Waals surface area contributed by atoms with E-state index < -0.39 is 10.0 Å². The van der Waals surface area contributed by atoms with Gasteiger partial charge in [0, 0.05) is 19.0 Å². The van der Waals surface area contributed by atoms with Crippen molar-refractivity contribution in [3.05, 3.63) is 47.4 Å².